The van der Waals surface area contributed by atoms with Gasteiger partial charge in [0.2, 0.25) is 10.0 Å². The van der Waals surface area contributed by atoms with Crippen molar-refractivity contribution in [3.05, 3.63) is 27.1 Å². The minimum Gasteiger partial charge on any atom is -0.384 e. The van der Waals surface area contributed by atoms with Crippen LogP contribution in [0.15, 0.2) is 32.0 Å². The van der Waals surface area contributed by atoms with Crippen molar-refractivity contribution >= 4 is 41.9 Å². The second kappa shape index (κ2) is 9.65. The van der Waals surface area contributed by atoms with Gasteiger partial charge < -0.3 is 15.0 Å². The van der Waals surface area contributed by atoms with Crippen molar-refractivity contribution in [3.8, 4) is 0 Å². The topological polar surface area (TPSA) is 70.7 Å². The summed E-state index contributed by atoms with van der Waals surface area (Å²) in [6.07, 6.45) is 3.16. The van der Waals surface area contributed by atoms with Crippen LogP contribution in [0.25, 0.3) is 0 Å². The first kappa shape index (κ1) is 21.7. The highest BCUT2D eigenvalue weighted by molar-refractivity contribution is 9.11. The van der Waals surface area contributed by atoms with Crippen molar-refractivity contribution < 1.29 is 13.2 Å². The molecule has 2 aliphatic heterocycles. The number of sulfonamides is 1. The Morgan fingerprint density at radius 2 is 2.04 bits per heavy atom. The molecule has 2 atom stereocenters. The molecule has 1 aromatic carbocycles. The molecule has 9 heteroatoms. The van der Waals surface area contributed by atoms with Gasteiger partial charge >= 0.3 is 0 Å². The summed E-state index contributed by atoms with van der Waals surface area (Å²) in [4.78, 5) is 2.74. The van der Waals surface area contributed by atoms with Gasteiger partial charge in [-0.25, -0.2) is 13.1 Å². The minimum absolute atomic E-state index is 0.0862. The molecule has 0 radical (unpaired) electrons. The van der Waals surface area contributed by atoms with Crippen LogP contribution in [-0.4, -0.2) is 65.3 Å². The number of benzene rings is 1. The lowest BCUT2D eigenvalue weighted by Gasteiger charge is -2.33. The molecule has 152 valence electrons. The Balaban J connectivity index is 1.50. The predicted molar refractivity (Wildman–Crippen MR) is 113 cm³/mol. The van der Waals surface area contributed by atoms with Crippen LogP contribution < -0.4 is 10.0 Å². The summed E-state index contributed by atoms with van der Waals surface area (Å²) in [7, 11) is -1.79. The molecule has 2 aliphatic rings. The first-order chi connectivity index (χ1) is 12.9. The van der Waals surface area contributed by atoms with Gasteiger partial charge in [0.1, 0.15) is 0 Å². The van der Waals surface area contributed by atoms with Crippen molar-refractivity contribution in [1.29, 1.82) is 0 Å². The fourth-order valence-corrected chi connectivity index (χ4v) is 6.65. The lowest BCUT2D eigenvalue weighted by Crippen LogP contribution is -2.42. The lowest BCUT2D eigenvalue weighted by molar-refractivity contribution is 0.0961. The molecule has 2 saturated heterocycles. The molecule has 0 spiro atoms. The Morgan fingerprint density at radius 3 is 2.74 bits per heavy atom. The third-order valence-corrected chi connectivity index (χ3v) is 8.32. The Hall–Kier alpha value is -0.0300. The number of rotatable bonds is 7. The quantitative estimate of drug-likeness (QED) is 0.573. The number of likely N-dealkylation sites (tertiary alicyclic amines) is 1. The zero-order chi connectivity index (χ0) is 19.4. The number of nitrogens with one attached hydrogen (secondary N) is 2. The first-order valence-corrected chi connectivity index (χ1v) is 12.4. The molecule has 2 N–H and O–H groups in total. The number of hydrogen-bond donors (Lipinski definition) is 2. The van der Waals surface area contributed by atoms with E-state index in [1.165, 1.54) is 12.8 Å². The van der Waals surface area contributed by atoms with E-state index >= 15 is 0 Å². The van der Waals surface area contributed by atoms with Crippen LogP contribution in [0.4, 0.5) is 0 Å². The van der Waals surface area contributed by atoms with E-state index in [1.54, 1.807) is 19.2 Å². The fourth-order valence-electron chi connectivity index (χ4n) is 3.90. The Labute approximate surface area is 178 Å². The third kappa shape index (κ3) is 5.98. The summed E-state index contributed by atoms with van der Waals surface area (Å²) < 4.78 is 34.9. The van der Waals surface area contributed by atoms with Gasteiger partial charge in [0.05, 0.1) is 4.90 Å². The average molecular weight is 525 g/mol. The normalized spacial score (nSPS) is 25.1. The predicted octanol–water partition coefficient (Wildman–Crippen LogP) is 2.58. The van der Waals surface area contributed by atoms with Crippen LogP contribution in [0.1, 0.15) is 19.3 Å². The number of methoxy groups -OCH3 is 1. The van der Waals surface area contributed by atoms with E-state index in [1.807, 2.05) is 6.07 Å². The first-order valence-electron chi connectivity index (χ1n) is 9.29. The number of piperidine rings is 1. The third-order valence-electron chi connectivity index (χ3n) is 5.31. The second-order valence-corrected chi connectivity index (χ2v) is 10.9. The van der Waals surface area contributed by atoms with Crippen LogP contribution in [0.3, 0.4) is 0 Å². The molecule has 2 heterocycles. The van der Waals surface area contributed by atoms with Crippen molar-refractivity contribution in [2.75, 3.05) is 39.9 Å². The smallest absolute Gasteiger partial charge is 0.242 e. The van der Waals surface area contributed by atoms with Crippen LogP contribution >= 0.6 is 31.9 Å². The maximum absolute atomic E-state index is 12.7. The van der Waals surface area contributed by atoms with Gasteiger partial charge in [0, 0.05) is 47.8 Å². The SMILES string of the molecule is COCC1CCN(C[C@H]2C[C@@H](NS(=O)(=O)c3cc(Br)ccc3Br)CN2)CC1. The molecule has 0 saturated carbocycles. The van der Waals surface area contributed by atoms with E-state index in [0.717, 1.165) is 37.1 Å². The maximum Gasteiger partial charge on any atom is 0.242 e. The lowest BCUT2D eigenvalue weighted by atomic mass is 9.97. The van der Waals surface area contributed by atoms with E-state index in [9.17, 15) is 8.42 Å². The van der Waals surface area contributed by atoms with Crippen LogP contribution in [-0.2, 0) is 14.8 Å². The molecule has 0 aromatic heterocycles. The van der Waals surface area contributed by atoms with E-state index < -0.39 is 10.0 Å². The molecule has 0 amide bonds. The molecule has 2 fully saturated rings. The largest absolute Gasteiger partial charge is 0.384 e. The number of ether oxygens (including phenoxy) is 1. The van der Waals surface area contributed by atoms with Gasteiger partial charge in [-0.2, -0.15) is 0 Å². The van der Waals surface area contributed by atoms with Gasteiger partial charge in [0.25, 0.3) is 0 Å². The average Bonchev–Trinajstić information content (AvgIpc) is 3.05. The zero-order valence-corrected chi connectivity index (χ0v) is 19.4. The van der Waals surface area contributed by atoms with Crippen molar-refractivity contribution in [2.45, 2.75) is 36.2 Å². The molecule has 0 bridgehead atoms. The number of nitrogens with zero attached hydrogens (tertiary/aromatic N) is 1. The number of halogens is 2. The van der Waals surface area contributed by atoms with Gasteiger partial charge in [-0.05, 0) is 72.4 Å². The summed E-state index contributed by atoms with van der Waals surface area (Å²) in [5, 5.41) is 3.48. The molecule has 27 heavy (non-hydrogen) atoms. The summed E-state index contributed by atoms with van der Waals surface area (Å²) in [5.74, 6) is 0.672. The molecule has 6 nitrogen and oxygen atoms in total. The molecule has 1 aromatic rings. The molecular formula is C18H27Br2N3O3S. The minimum atomic E-state index is -3.56. The molecule has 0 unspecified atom stereocenters. The molecule has 0 aliphatic carbocycles. The highest BCUT2D eigenvalue weighted by atomic mass is 79.9. The van der Waals surface area contributed by atoms with Gasteiger partial charge in [-0.15, -0.1) is 0 Å². The second-order valence-electron chi connectivity index (χ2n) is 7.43. The Kier molecular flexibility index (Phi) is 7.74. The van der Waals surface area contributed by atoms with Gasteiger partial charge in [0.15, 0.2) is 0 Å². The summed E-state index contributed by atoms with van der Waals surface area (Å²) >= 11 is 6.68. The van der Waals surface area contributed by atoms with E-state index in [-0.39, 0.29) is 10.9 Å². The zero-order valence-electron chi connectivity index (χ0n) is 15.5. The van der Waals surface area contributed by atoms with Crippen molar-refractivity contribution in [3.63, 3.8) is 0 Å². The van der Waals surface area contributed by atoms with Crippen LogP contribution in [0.5, 0.6) is 0 Å². The highest BCUT2D eigenvalue weighted by Gasteiger charge is 2.31. The van der Waals surface area contributed by atoms with Crippen LogP contribution in [0.2, 0.25) is 0 Å². The summed E-state index contributed by atoms with van der Waals surface area (Å²) in [6.45, 7) is 4.67. The van der Waals surface area contributed by atoms with Gasteiger partial charge in [-0.3, -0.25) is 0 Å². The fraction of sp³-hybridized carbons (Fsp3) is 0.667. The monoisotopic (exact) mass is 523 g/mol. The maximum atomic E-state index is 12.7. The Morgan fingerprint density at radius 1 is 1.30 bits per heavy atom. The van der Waals surface area contributed by atoms with E-state index in [0.29, 0.717) is 23.0 Å². The molecular weight excluding hydrogens is 498 g/mol. The molecule has 3 rings (SSSR count). The Bertz CT molecular complexity index is 739. The summed E-state index contributed by atoms with van der Waals surface area (Å²) in [6, 6.07) is 5.41. The van der Waals surface area contributed by atoms with Gasteiger partial charge in [-0.1, -0.05) is 15.9 Å². The highest BCUT2D eigenvalue weighted by Crippen LogP contribution is 2.26. The van der Waals surface area contributed by atoms with Crippen LogP contribution in [0, 0.1) is 5.92 Å². The summed E-state index contributed by atoms with van der Waals surface area (Å²) in [5.41, 5.74) is 0. The van der Waals surface area contributed by atoms with E-state index in [2.05, 4.69) is 46.8 Å². The van der Waals surface area contributed by atoms with E-state index in [4.69, 9.17) is 4.74 Å². The standard InChI is InChI=1S/C18H27Br2N3O3S/c1-26-12-13-4-6-23(7-5-13)11-16-9-15(10-21-16)22-27(24,25)18-8-14(19)2-3-17(18)20/h2-3,8,13,15-16,21-22H,4-7,9-12H2,1H3/t15-,16-/m1/s1. The van der Waals surface area contributed by atoms with Crippen molar-refractivity contribution in [1.82, 2.24) is 14.9 Å². The number of hydrogen-bond acceptors (Lipinski definition) is 5. The van der Waals surface area contributed by atoms with Crippen molar-refractivity contribution in [2.24, 2.45) is 5.92 Å².